The van der Waals surface area contributed by atoms with Gasteiger partial charge in [0.2, 0.25) is 0 Å². The zero-order chi connectivity index (χ0) is 23.4. The second-order valence-electron chi connectivity index (χ2n) is 7.52. The van der Waals surface area contributed by atoms with E-state index in [-0.39, 0.29) is 37.1 Å². The maximum Gasteiger partial charge on any atom is 0.260 e. The molecule has 1 heterocycles. The molecule has 0 bridgehead atoms. The Morgan fingerprint density at radius 1 is 0.781 bits per heavy atom. The minimum atomic E-state index is -0.189. The van der Waals surface area contributed by atoms with Gasteiger partial charge in [-0.3, -0.25) is 9.59 Å². The molecule has 1 saturated heterocycles. The number of piperazine rings is 1. The molecular weight excluding hydrogens is 498 g/mol. The maximum atomic E-state index is 12.7. The van der Waals surface area contributed by atoms with Crippen molar-refractivity contribution in [1.82, 2.24) is 9.80 Å². The third-order valence-electron chi connectivity index (χ3n) is 5.12. The van der Waals surface area contributed by atoms with E-state index >= 15 is 0 Å². The van der Waals surface area contributed by atoms with E-state index in [1.807, 2.05) is 13.8 Å². The van der Waals surface area contributed by atoms with Gasteiger partial charge in [-0.15, -0.1) is 0 Å². The van der Waals surface area contributed by atoms with Crippen LogP contribution in [0.1, 0.15) is 13.8 Å². The van der Waals surface area contributed by atoms with Gasteiger partial charge < -0.3 is 19.3 Å². The predicted molar refractivity (Wildman–Crippen MR) is 126 cm³/mol. The average molecular weight is 520 g/mol. The van der Waals surface area contributed by atoms with Gasteiger partial charge in [0.15, 0.2) is 13.2 Å². The number of carbonyl (C=O) groups is 2. The van der Waals surface area contributed by atoms with Crippen LogP contribution < -0.4 is 9.47 Å². The Labute approximate surface area is 206 Å². The van der Waals surface area contributed by atoms with Gasteiger partial charge in [-0.1, -0.05) is 46.4 Å². The van der Waals surface area contributed by atoms with Gasteiger partial charge in [-0.2, -0.15) is 0 Å². The lowest BCUT2D eigenvalue weighted by molar-refractivity contribution is -0.148. The first-order valence-corrected chi connectivity index (χ1v) is 11.4. The van der Waals surface area contributed by atoms with Crippen LogP contribution in [0.3, 0.4) is 0 Å². The number of hydrogen-bond donors (Lipinski definition) is 0. The van der Waals surface area contributed by atoms with Crippen LogP contribution in [0.15, 0.2) is 36.4 Å². The number of rotatable bonds is 6. The number of nitrogens with zero attached hydrogens (tertiary/aromatic N) is 2. The molecule has 1 fully saturated rings. The van der Waals surface area contributed by atoms with Crippen molar-refractivity contribution >= 4 is 58.2 Å². The Bertz CT molecular complexity index is 924. The van der Waals surface area contributed by atoms with Crippen LogP contribution in [0.25, 0.3) is 0 Å². The van der Waals surface area contributed by atoms with Crippen LogP contribution in [-0.4, -0.2) is 60.0 Å². The molecular formula is C22H22Cl4N2O4. The molecule has 6 nitrogen and oxygen atoms in total. The Balaban J connectivity index is 1.54. The zero-order valence-corrected chi connectivity index (χ0v) is 20.5. The summed E-state index contributed by atoms with van der Waals surface area (Å²) in [5.74, 6) is 0.396. The summed E-state index contributed by atoms with van der Waals surface area (Å²) in [7, 11) is 0. The maximum absolute atomic E-state index is 12.7. The predicted octanol–water partition coefficient (Wildman–Crippen LogP) is 5.21. The minimum Gasteiger partial charge on any atom is -0.482 e. The summed E-state index contributed by atoms with van der Waals surface area (Å²) in [6, 6.07) is 9.25. The topological polar surface area (TPSA) is 59.1 Å². The summed E-state index contributed by atoms with van der Waals surface area (Å²) < 4.78 is 11.1. The number of amides is 2. The molecule has 10 heteroatoms. The molecule has 32 heavy (non-hydrogen) atoms. The van der Waals surface area contributed by atoms with Gasteiger partial charge in [0.25, 0.3) is 11.8 Å². The lowest BCUT2D eigenvalue weighted by Gasteiger charge is -2.44. The van der Waals surface area contributed by atoms with Gasteiger partial charge >= 0.3 is 0 Å². The normalized spacial score (nSPS) is 18.4. The molecule has 3 rings (SSSR count). The molecule has 1 aliphatic rings. The summed E-state index contributed by atoms with van der Waals surface area (Å²) in [4.78, 5) is 28.9. The number of carbonyl (C=O) groups excluding carboxylic acids is 2. The molecule has 0 radical (unpaired) electrons. The number of benzene rings is 2. The smallest absolute Gasteiger partial charge is 0.260 e. The molecule has 0 aromatic heterocycles. The highest BCUT2D eigenvalue weighted by Crippen LogP contribution is 2.29. The SMILES string of the molecule is CC1CN(C(=O)COc2ccc(Cl)cc2Cl)C(C)CN1C(=O)COc1ccc(Cl)cc1Cl. The molecule has 1 aliphatic heterocycles. The van der Waals surface area contributed by atoms with Crippen molar-refractivity contribution in [3.63, 3.8) is 0 Å². The molecule has 2 amide bonds. The third kappa shape index (κ3) is 6.13. The second-order valence-corrected chi connectivity index (χ2v) is 9.20. The van der Waals surface area contributed by atoms with E-state index in [4.69, 9.17) is 55.9 Å². The molecule has 2 aromatic carbocycles. The summed E-state index contributed by atoms with van der Waals surface area (Å²) in [5.41, 5.74) is 0. The van der Waals surface area contributed by atoms with E-state index in [0.717, 1.165) is 0 Å². The van der Waals surface area contributed by atoms with Crippen molar-refractivity contribution in [1.29, 1.82) is 0 Å². The summed E-state index contributed by atoms with van der Waals surface area (Å²) >= 11 is 23.9. The van der Waals surface area contributed by atoms with E-state index in [1.54, 1.807) is 46.2 Å². The molecule has 2 aromatic rings. The fourth-order valence-corrected chi connectivity index (χ4v) is 4.38. The Morgan fingerprint density at radius 2 is 1.16 bits per heavy atom. The first-order chi connectivity index (χ1) is 15.2. The molecule has 0 N–H and O–H groups in total. The van der Waals surface area contributed by atoms with Gasteiger partial charge in [0.05, 0.1) is 10.0 Å². The van der Waals surface area contributed by atoms with Crippen molar-refractivity contribution in [2.45, 2.75) is 25.9 Å². The Kier molecular flexibility index (Phi) is 8.39. The van der Waals surface area contributed by atoms with Crippen molar-refractivity contribution in [3.05, 3.63) is 56.5 Å². The molecule has 2 atom stereocenters. The van der Waals surface area contributed by atoms with E-state index in [1.165, 1.54) is 0 Å². The fourth-order valence-electron chi connectivity index (χ4n) is 3.45. The van der Waals surface area contributed by atoms with E-state index < -0.39 is 0 Å². The van der Waals surface area contributed by atoms with Crippen molar-refractivity contribution in [2.24, 2.45) is 0 Å². The van der Waals surface area contributed by atoms with Crippen LogP contribution in [0.5, 0.6) is 11.5 Å². The Morgan fingerprint density at radius 3 is 1.50 bits per heavy atom. The lowest BCUT2D eigenvalue weighted by Crippen LogP contribution is -2.60. The number of halogens is 4. The molecule has 0 saturated carbocycles. The molecule has 2 unspecified atom stereocenters. The summed E-state index contributed by atoms with van der Waals surface area (Å²) in [6.45, 7) is 4.21. The third-order valence-corrected chi connectivity index (χ3v) is 6.18. The van der Waals surface area contributed by atoms with Crippen LogP contribution in [0.2, 0.25) is 20.1 Å². The first-order valence-electron chi connectivity index (χ1n) is 9.90. The second kappa shape index (κ2) is 10.8. The van der Waals surface area contributed by atoms with E-state index in [0.29, 0.717) is 44.7 Å². The van der Waals surface area contributed by atoms with Crippen LogP contribution in [-0.2, 0) is 9.59 Å². The average Bonchev–Trinajstić information content (AvgIpc) is 2.73. The highest BCUT2D eigenvalue weighted by molar-refractivity contribution is 6.36. The first kappa shape index (κ1) is 24.8. The Hall–Kier alpha value is -1.86. The van der Waals surface area contributed by atoms with Crippen molar-refractivity contribution in [2.75, 3.05) is 26.3 Å². The molecule has 0 spiro atoms. The zero-order valence-electron chi connectivity index (χ0n) is 17.5. The van der Waals surface area contributed by atoms with Gasteiger partial charge in [-0.25, -0.2) is 0 Å². The molecule has 172 valence electrons. The lowest BCUT2D eigenvalue weighted by atomic mass is 10.1. The van der Waals surface area contributed by atoms with Crippen molar-refractivity contribution in [3.8, 4) is 11.5 Å². The largest absolute Gasteiger partial charge is 0.482 e. The van der Waals surface area contributed by atoms with E-state index in [2.05, 4.69) is 0 Å². The fraction of sp³-hybridized carbons (Fsp3) is 0.364. The summed E-state index contributed by atoms with van der Waals surface area (Å²) in [5, 5.41) is 1.64. The van der Waals surface area contributed by atoms with Crippen LogP contribution >= 0.6 is 46.4 Å². The van der Waals surface area contributed by atoms with Gasteiger partial charge in [0.1, 0.15) is 11.5 Å². The van der Waals surface area contributed by atoms with Gasteiger partial charge in [-0.05, 0) is 50.2 Å². The summed E-state index contributed by atoms with van der Waals surface area (Å²) in [6.07, 6.45) is 0. The highest BCUT2D eigenvalue weighted by Gasteiger charge is 2.34. The van der Waals surface area contributed by atoms with Crippen molar-refractivity contribution < 1.29 is 19.1 Å². The standard InChI is InChI=1S/C22H22Cl4N2O4/c1-13-9-28(22(30)12-32-20-6-4-16(24)8-18(20)26)14(2)10-27(13)21(29)11-31-19-5-3-15(23)7-17(19)25/h3-8,13-14H,9-12H2,1-2H3. The van der Waals surface area contributed by atoms with Gasteiger partial charge in [0, 0.05) is 35.2 Å². The number of hydrogen-bond acceptors (Lipinski definition) is 4. The van der Waals surface area contributed by atoms with Crippen LogP contribution in [0.4, 0.5) is 0 Å². The monoisotopic (exact) mass is 518 g/mol. The minimum absolute atomic E-state index is 0.162. The van der Waals surface area contributed by atoms with Crippen LogP contribution in [0, 0.1) is 0 Å². The molecule has 0 aliphatic carbocycles. The highest BCUT2D eigenvalue weighted by atomic mass is 35.5. The quantitative estimate of drug-likeness (QED) is 0.526. The number of ether oxygens (including phenoxy) is 2. The van der Waals surface area contributed by atoms with E-state index in [9.17, 15) is 9.59 Å².